The molecule has 96 valence electrons. The summed E-state index contributed by atoms with van der Waals surface area (Å²) in [6, 6.07) is 0.121. The van der Waals surface area contributed by atoms with Crippen molar-refractivity contribution in [3.05, 3.63) is 36.2 Å². The van der Waals surface area contributed by atoms with E-state index in [0.717, 1.165) is 0 Å². The molecular weight excluding hydrogens is 232 g/mol. The first-order chi connectivity index (χ1) is 8.65. The van der Waals surface area contributed by atoms with E-state index in [4.69, 9.17) is 4.74 Å². The minimum atomic E-state index is -0.904. The van der Waals surface area contributed by atoms with Crippen molar-refractivity contribution in [3.8, 4) is 5.75 Å². The third kappa shape index (κ3) is 2.19. The molecule has 0 aliphatic rings. The Labute approximate surface area is 105 Å². The molecule has 0 fully saturated rings. The zero-order valence-corrected chi connectivity index (χ0v) is 10.6. The van der Waals surface area contributed by atoms with Crippen molar-refractivity contribution >= 4 is 0 Å². The number of hydrogen-bond donors (Lipinski definition) is 1. The lowest BCUT2D eigenvalue weighted by atomic mass is 10.1. The Balaban J connectivity index is 2.46. The summed E-state index contributed by atoms with van der Waals surface area (Å²) >= 11 is 0. The van der Waals surface area contributed by atoms with Crippen molar-refractivity contribution in [1.82, 2.24) is 19.7 Å². The Kier molecular flexibility index (Phi) is 3.57. The molecule has 18 heavy (non-hydrogen) atoms. The fraction of sp³-hybridized carbons (Fsp3) is 0.417. The van der Waals surface area contributed by atoms with Crippen LogP contribution in [-0.2, 0) is 0 Å². The Hall–Kier alpha value is -1.95. The minimum Gasteiger partial charge on any atom is -0.493 e. The lowest BCUT2D eigenvalue weighted by Gasteiger charge is -2.16. The lowest BCUT2D eigenvalue weighted by Crippen LogP contribution is -2.14. The largest absolute Gasteiger partial charge is 0.493 e. The van der Waals surface area contributed by atoms with Gasteiger partial charge in [0.15, 0.2) is 5.75 Å². The molecule has 6 heteroatoms. The second kappa shape index (κ2) is 5.14. The molecule has 2 heterocycles. The van der Waals surface area contributed by atoms with Crippen LogP contribution in [0.3, 0.4) is 0 Å². The second-order valence-corrected chi connectivity index (χ2v) is 4.17. The van der Waals surface area contributed by atoms with Gasteiger partial charge in [-0.2, -0.15) is 5.10 Å². The van der Waals surface area contributed by atoms with Gasteiger partial charge in [-0.05, 0) is 13.8 Å². The lowest BCUT2D eigenvalue weighted by molar-refractivity contribution is 0.194. The molecule has 1 atom stereocenters. The Morgan fingerprint density at radius 2 is 2.06 bits per heavy atom. The quantitative estimate of drug-likeness (QED) is 0.884. The van der Waals surface area contributed by atoms with Crippen molar-refractivity contribution in [3.63, 3.8) is 0 Å². The summed E-state index contributed by atoms with van der Waals surface area (Å²) in [4.78, 5) is 8.05. The molecule has 2 aromatic rings. The van der Waals surface area contributed by atoms with Crippen LogP contribution in [0.5, 0.6) is 5.75 Å². The summed E-state index contributed by atoms with van der Waals surface area (Å²) in [5.41, 5.74) is 1.06. The van der Waals surface area contributed by atoms with Gasteiger partial charge in [-0.25, -0.2) is 0 Å². The van der Waals surface area contributed by atoms with E-state index in [1.54, 1.807) is 30.4 Å². The third-order valence-corrected chi connectivity index (χ3v) is 2.63. The van der Waals surface area contributed by atoms with Crippen LogP contribution in [-0.4, -0.2) is 32.0 Å². The topological polar surface area (TPSA) is 73.1 Å². The van der Waals surface area contributed by atoms with Crippen molar-refractivity contribution in [2.45, 2.75) is 26.0 Å². The number of hydrogen-bond acceptors (Lipinski definition) is 5. The highest BCUT2D eigenvalue weighted by molar-refractivity contribution is 5.32. The zero-order chi connectivity index (χ0) is 13.1. The van der Waals surface area contributed by atoms with Gasteiger partial charge in [-0.1, -0.05) is 0 Å². The molecule has 0 radical (unpaired) electrons. The number of aliphatic hydroxyl groups excluding tert-OH is 1. The van der Waals surface area contributed by atoms with Crippen LogP contribution in [0.25, 0.3) is 0 Å². The number of aromatic nitrogens is 4. The zero-order valence-electron chi connectivity index (χ0n) is 10.6. The van der Waals surface area contributed by atoms with Gasteiger partial charge in [0.2, 0.25) is 0 Å². The van der Waals surface area contributed by atoms with Crippen LogP contribution in [0.1, 0.15) is 37.4 Å². The standard InChI is InChI=1S/C12H16N4O2/c1-8(2)16-11(10(18-3)7-15-16)12(17)9-6-13-4-5-14-9/h4-8,12,17H,1-3H3. The average molecular weight is 248 g/mol. The summed E-state index contributed by atoms with van der Waals surface area (Å²) in [6.07, 6.45) is 5.32. The van der Waals surface area contributed by atoms with Crippen molar-refractivity contribution in [1.29, 1.82) is 0 Å². The third-order valence-electron chi connectivity index (χ3n) is 2.63. The summed E-state index contributed by atoms with van der Waals surface area (Å²) in [5, 5.41) is 14.6. The van der Waals surface area contributed by atoms with Crippen LogP contribution in [0, 0.1) is 0 Å². The van der Waals surface area contributed by atoms with Crippen molar-refractivity contribution < 1.29 is 9.84 Å². The van der Waals surface area contributed by atoms with Crippen LogP contribution in [0.2, 0.25) is 0 Å². The van der Waals surface area contributed by atoms with Gasteiger partial charge in [0.05, 0.1) is 25.2 Å². The molecule has 0 aromatic carbocycles. The van der Waals surface area contributed by atoms with Gasteiger partial charge in [0.1, 0.15) is 11.8 Å². The first kappa shape index (κ1) is 12.5. The summed E-state index contributed by atoms with van der Waals surface area (Å²) in [7, 11) is 1.55. The molecule has 6 nitrogen and oxygen atoms in total. The molecule has 0 spiro atoms. The van der Waals surface area contributed by atoms with E-state index < -0.39 is 6.10 Å². The molecule has 0 bridgehead atoms. The van der Waals surface area contributed by atoms with Gasteiger partial charge in [-0.3, -0.25) is 14.6 Å². The van der Waals surface area contributed by atoms with Gasteiger partial charge < -0.3 is 9.84 Å². The van der Waals surface area contributed by atoms with E-state index in [1.807, 2.05) is 13.8 Å². The number of aliphatic hydroxyl groups is 1. The summed E-state index contributed by atoms with van der Waals surface area (Å²) in [6.45, 7) is 3.97. The maximum Gasteiger partial charge on any atom is 0.163 e. The number of ether oxygens (including phenoxy) is 1. The molecule has 2 rings (SSSR count). The highest BCUT2D eigenvalue weighted by Gasteiger charge is 2.23. The van der Waals surface area contributed by atoms with E-state index in [-0.39, 0.29) is 6.04 Å². The number of rotatable bonds is 4. The van der Waals surface area contributed by atoms with E-state index in [2.05, 4.69) is 15.1 Å². The predicted molar refractivity (Wildman–Crippen MR) is 65.3 cm³/mol. The Morgan fingerprint density at radius 1 is 1.28 bits per heavy atom. The SMILES string of the molecule is COc1cnn(C(C)C)c1C(O)c1cnccn1. The monoisotopic (exact) mass is 248 g/mol. The maximum atomic E-state index is 10.4. The first-order valence-electron chi connectivity index (χ1n) is 5.70. The van der Waals surface area contributed by atoms with E-state index in [1.165, 1.54) is 6.20 Å². The predicted octanol–water partition coefficient (Wildman–Crippen LogP) is 1.34. The van der Waals surface area contributed by atoms with Gasteiger partial charge in [-0.15, -0.1) is 0 Å². The first-order valence-corrected chi connectivity index (χ1v) is 5.70. The maximum absolute atomic E-state index is 10.4. The van der Waals surface area contributed by atoms with Crippen molar-refractivity contribution in [2.24, 2.45) is 0 Å². The molecule has 0 saturated heterocycles. The number of methoxy groups -OCH3 is 1. The molecular formula is C12H16N4O2. The fourth-order valence-electron chi connectivity index (χ4n) is 1.78. The van der Waals surface area contributed by atoms with E-state index >= 15 is 0 Å². The van der Waals surface area contributed by atoms with Gasteiger partial charge >= 0.3 is 0 Å². The normalized spacial score (nSPS) is 12.7. The van der Waals surface area contributed by atoms with Gasteiger partial charge in [0, 0.05) is 18.4 Å². The number of nitrogens with zero attached hydrogens (tertiary/aromatic N) is 4. The summed E-state index contributed by atoms with van der Waals surface area (Å²) < 4.78 is 6.95. The van der Waals surface area contributed by atoms with Crippen LogP contribution in [0.15, 0.2) is 24.8 Å². The van der Waals surface area contributed by atoms with Gasteiger partial charge in [0.25, 0.3) is 0 Å². The molecule has 0 aliphatic heterocycles. The molecule has 1 N–H and O–H groups in total. The molecule has 0 aliphatic carbocycles. The highest BCUT2D eigenvalue weighted by atomic mass is 16.5. The van der Waals surface area contributed by atoms with E-state index in [0.29, 0.717) is 17.1 Å². The molecule has 1 unspecified atom stereocenters. The van der Waals surface area contributed by atoms with Crippen molar-refractivity contribution in [2.75, 3.05) is 7.11 Å². The summed E-state index contributed by atoms with van der Waals surface area (Å²) in [5.74, 6) is 0.543. The van der Waals surface area contributed by atoms with Crippen LogP contribution >= 0.6 is 0 Å². The average Bonchev–Trinajstić information content (AvgIpc) is 2.82. The second-order valence-electron chi connectivity index (χ2n) is 4.17. The van der Waals surface area contributed by atoms with E-state index in [9.17, 15) is 5.11 Å². The highest BCUT2D eigenvalue weighted by Crippen LogP contribution is 2.30. The fourth-order valence-corrected chi connectivity index (χ4v) is 1.78. The molecule has 0 saturated carbocycles. The van der Waals surface area contributed by atoms with Crippen LogP contribution in [0.4, 0.5) is 0 Å². The Bertz CT molecular complexity index is 510. The molecule has 0 amide bonds. The minimum absolute atomic E-state index is 0.121. The van der Waals surface area contributed by atoms with Crippen LogP contribution < -0.4 is 4.74 Å². The Morgan fingerprint density at radius 3 is 2.61 bits per heavy atom. The molecule has 2 aromatic heterocycles. The smallest absolute Gasteiger partial charge is 0.163 e.